The van der Waals surface area contributed by atoms with E-state index in [1.165, 1.54) is 0 Å². The molecule has 2 N–H and O–H groups in total. The standard InChI is InChI=1S/C6H14N2S2/c1-9-5-3-8-6(10-2)4-7-5/h5-8H,3-4H2,1-2H3. The van der Waals surface area contributed by atoms with E-state index < -0.39 is 0 Å². The maximum atomic E-state index is 3.45. The highest BCUT2D eigenvalue weighted by Crippen LogP contribution is 2.10. The third-order valence-electron chi connectivity index (χ3n) is 1.63. The number of rotatable bonds is 2. The van der Waals surface area contributed by atoms with Crippen LogP contribution >= 0.6 is 23.5 Å². The Morgan fingerprint density at radius 2 is 1.40 bits per heavy atom. The van der Waals surface area contributed by atoms with E-state index in [1.54, 1.807) is 0 Å². The first kappa shape index (κ1) is 8.71. The summed E-state index contributed by atoms with van der Waals surface area (Å²) in [5.41, 5.74) is 0. The van der Waals surface area contributed by atoms with E-state index >= 15 is 0 Å². The SMILES string of the molecule is CSC1CNC(SC)CN1. The van der Waals surface area contributed by atoms with Gasteiger partial charge in [0.2, 0.25) is 0 Å². The molecular weight excluding hydrogens is 164 g/mol. The van der Waals surface area contributed by atoms with Gasteiger partial charge in [-0.1, -0.05) is 0 Å². The Labute approximate surface area is 70.9 Å². The van der Waals surface area contributed by atoms with Gasteiger partial charge in [-0.2, -0.15) is 0 Å². The second-order valence-corrected chi connectivity index (χ2v) is 4.35. The average Bonchev–Trinajstić information content (AvgIpc) is 2.05. The molecule has 0 saturated carbocycles. The van der Waals surface area contributed by atoms with Gasteiger partial charge in [-0.15, -0.1) is 23.5 Å². The summed E-state index contributed by atoms with van der Waals surface area (Å²) in [5.74, 6) is 0. The molecule has 1 aliphatic heterocycles. The van der Waals surface area contributed by atoms with Crippen molar-refractivity contribution < 1.29 is 0 Å². The highest BCUT2D eigenvalue weighted by Gasteiger charge is 2.16. The van der Waals surface area contributed by atoms with E-state index in [1.807, 2.05) is 23.5 Å². The Bertz CT molecular complexity index is 79.7. The Hall–Kier alpha value is 0.620. The number of thioether (sulfide) groups is 2. The zero-order valence-corrected chi connectivity index (χ0v) is 8.02. The van der Waals surface area contributed by atoms with Crippen LogP contribution in [0.4, 0.5) is 0 Å². The van der Waals surface area contributed by atoms with Crippen LogP contribution in [0.5, 0.6) is 0 Å². The predicted molar refractivity (Wildman–Crippen MR) is 50.6 cm³/mol. The Morgan fingerprint density at radius 3 is 1.60 bits per heavy atom. The lowest BCUT2D eigenvalue weighted by molar-refractivity contribution is 0.483. The van der Waals surface area contributed by atoms with Crippen LogP contribution in [-0.2, 0) is 0 Å². The molecule has 10 heavy (non-hydrogen) atoms. The first-order chi connectivity index (χ1) is 4.86. The van der Waals surface area contributed by atoms with Gasteiger partial charge in [-0.05, 0) is 12.5 Å². The first-order valence-electron chi connectivity index (χ1n) is 3.39. The van der Waals surface area contributed by atoms with Crippen LogP contribution in [0.3, 0.4) is 0 Å². The van der Waals surface area contributed by atoms with Crippen LogP contribution in [0.1, 0.15) is 0 Å². The average molecular weight is 178 g/mol. The summed E-state index contributed by atoms with van der Waals surface area (Å²) in [7, 11) is 0. The van der Waals surface area contributed by atoms with Gasteiger partial charge < -0.3 is 10.6 Å². The number of piperazine rings is 1. The lowest BCUT2D eigenvalue weighted by Gasteiger charge is -2.28. The highest BCUT2D eigenvalue weighted by atomic mass is 32.2. The van der Waals surface area contributed by atoms with Crippen molar-refractivity contribution in [2.45, 2.75) is 10.7 Å². The molecule has 1 aliphatic rings. The van der Waals surface area contributed by atoms with E-state index in [0.29, 0.717) is 10.7 Å². The van der Waals surface area contributed by atoms with Gasteiger partial charge in [0.1, 0.15) is 0 Å². The van der Waals surface area contributed by atoms with Gasteiger partial charge in [0.25, 0.3) is 0 Å². The fourth-order valence-corrected chi connectivity index (χ4v) is 2.01. The molecular formula is C6H14N2S2. The molecule has 0 radical (unpaired) electrons. The lowest BCUT2D eigenvalue weighted by Crippen LogP contribution is -2.51. The van der Waals surface area contributed by atoms with Crippen molar-refractivity contribution in [3.05, 3.63) is 0 Å². The molecule has 1 rings (SSSR count). The first-order valence-corrected chi connectivity index (χ1v) is 5.96. The van der Waals surface area contributed by atoms with Crippen LogP contribution in [0.25, 0.3) is 0 Å². The molecule has 2 unspecified atom stereocenters. The molecule has 1 fully saturated rings. The molecule has 0 amide bonds. The molecule has 0 aromatic heterocycles. The monoisotopic (exact) mass is 178 g/mol. The van der Waals surface area contributed by atoms with Crippen molar-refractivity contribution in [2.24, 2.45) is 0 Å². The number of hydrogen-bond donors (Lipinski definition) is 2. The Kier molecular flexibility index (Phi) is 3.91. The molecule has 1 heterocycles. The second kappa shape index (κ2) is 4.49. The summed E-state index contributed by atoms with van der Waals surface area (Å²) in [6.45, 7) is 2.18. The minimum absolute atomic E-state index is 0.614. The second-order valence-electron chi connectivity index (χ2n) is 2.27. The zero-order valence-electron chi connectivity index (χ0n) is 6.39. The maximum absolute atomic E-state index is 3.45. The minimum atomic E-state index is 0.614. The van der Waals surface area contributed by atoms with Crippen LogP contribution < -0.4 is 10.6 Å². The molecule has 2 nitrogen and oxygen atoms in total. The maximum Gasteiger partial charge on any atom is 0.0657 e. The summed E-state index contributed by atoms with van der Waals surface area (Å²) in [6, 6.07) is 0. The van der Waals surface area contributed by atoms with E-state index in [4.69, 9.17) is 0 Å². The van der Waals surface area contributed by atoms with E-state index in [0.717, 1.165) is 13.1 Å². The molecule has 60 valence electrons. The smallest absolute Gasteiger partial charge is 0.0657 e. The van der Waals surface area contributed by atoms with Crippen molar-refractivity contribution in [3.63, 3.8) is 0 Å². The summed E-state index contributed by atoms with van der Waals surface area (Å²) in [5, 5.41) is 8.13. The van der Waals surface area contributed by atoms with E-state index in [2.05, 4.69) is 23.1 Å². The topological polar surface area (TPSA) is 24.1 Å². The van der Waals surface area contributed by atoms with Gasteiger partial charge in [0.05, 0.1) is 10.7 Å². The normalized spacial score (nSPS) is 34.2. The number of hydrogen-bond acceptors (Lipinski definition) is 4. The highest BCUT2D eigenvalue weighted by molar-refractivity contribution is 7.99. The van der Waals surface area contributed by atoms with Crippen LogP contribution in [0.15, 0.2) is 0 Å². The van der Waals surface area contributed by atoms with Crippen molar-refractivity contribution >= 4 is 23.5 Å². The summed E-state index contributed by atoms with van der Waals surface area (Å²) in [6.07, 6.45) is 4.28. The van der Waals surface area contributed by atoms with Crippen LogP contribution in [0, 0.1) is 0 Å². The van der Waals surface area contributed by atoms with Gasteiger partial charge in [0, 0.05) is 13.1 Å². The summed E-state index contributed by atoms with van der Waals surface area (Å²) >= 11 is 3.75. The molecule has 2 atom stereocenters. The summed E-state index contributed by atoms with van der Waals surface area (Å²) < 4.78 is 0. The van der Waals surface area contributed by atoms with Crippen molar-refractivity contribution in [1.82, 2.24) is 10.6 Å². The van der Waals surface area contributed by atoms with Crippen molar-refractivity contribution in [3.8, 4) is 0 Å². The molecule has 0 bridgehead atoms. The Balaban J connectivity index is 2.17. The molecule has 0 aromatic rings. The molecule has 4 heteroatoms. The quantitative estimate of drug-likeness (QED) is 0.645. The third-order valence-corrected chi connectivity index (χ3v) is 3.44. The minimum Gasteiger partial charge on any atom is -0.302 e. The molecule has 0 aliphatic carbocycles. The Morgan fingerprint density at radius 1 is 1.00 bits per heavy atom. The predicted octanol–water partition coefficient (Wildman–Crippen LogP) is 0.557. The lowest BCUT2D eigenvalue weighted by atomic mass is 10.4. The van der Waals surface area contributed by atoms with Gasteiger partial charge in [0.15, 0.2) is 0 Å². The van der Waals surface area contributed by atoms with E-state index in [9.17, 15) is 0 Å². The van der Waals surface area contributed by atoms with Gasteiger partial charge in [-0.25, -0.2) is 0 Å². The zero-order chi connectivity index (χ0) is 7.40. The summed E-state index contributed by atoms with van der Waals surface area (Å²) in [4.78, 5) is 0. The molecule has 0 spiro atoms. The number of nitrogens with one attached hydrogen (secondary N) is 2. The van der Waals surface area contributed by atoms with Gasteiger partial charge in [-0.3, -0.25) is 0 Å². The third kappa shape index (κ3) is 2.34. The van der Waals surface area contributed by atoms with Crippen LogP contribution in [0.2, 0.25) is 0 Å². The molecule has 0 aromatic carbocycles. The van der Waals surface area contributed by atoms with Crippen molar-refractivity contribution in [2.75, 3.05) is 25.6 Å². The molecule has 1 saturated heterocycles. The van der Waals surface area contributed by atoms with Gasteiger partial charge >= 0.3 is 0 Å². The fraction of sp³-hybridized carbons (Fsp3) is 1.00. The van der Waals surface area contributed by atoms with E-state index in [-0.39, 0.29) is 0 Å². The fourth-order valence-electron chi connectivity index (χ4n) is 0.955. The van der Waals surface area contributed by atoms with Crippen LogP contribution in [-0.4, -0.2) is 36.3 Å². The largest absolute Gasteiger partial charge is 0.302 e. The van der Waals surface area contributed by atoms with Crippen molar-refractivity contribution in [1.29, 1.82) is 0 Å².